The fourth-order valence-electron chi connectivity index (χ4n) is 3.16. The summed E-state index contributed by atoms with van der Waals surface area (Å²) in [6.45, 7) is 0.181. The number of primary amides is 1. The average Bonchev–Trinajstić information content (AvgIpc) is 2.90. The number of carbonyl (C=O) groups excluding carboxylic acids is 2. The van der Waals surface area contributed by atoms with Crippen molar-refractivity contribution in [2.75, 3.05) is 10.2 Å². The van der Waals surface area contributed by atoms with Gasteiger partial charge < -0.3 is 16.0 Å². The summed E-state index contributed by atoms with van der Waals surface area (Å²) >= 11 is 6.12. The van der Waals surface area contributed by atoms with Crippen molar-refractivity contribution in [1.82, 2.24) is 9.78 Å². The molecule has 3 aromatic rings. The number of hydrogen-bond donors (Lipinski definition) is 2. The lowest BCUT2D eigenvalue weighted by molar-refractivity contribution is 0.0975. The highest BCUT2D eigenvalue weighted by Crippen LogP contribution is 2.38. The Morgan fingerprint density at radius 3 is 2.75 bits per heavy atom. The van der Waals surface area contributed by atoms with Gasteiger partial charge in [-0.15, -0.1) is 0 Å². The number of amides is 2. The zero-order valence-electron chi connectivity index (χ0n) is 14.7. The van der Waals surface area contributed by atoms with Gasteiger partial charge in [0.2, 0.25) is 5.91 Å². The second-order valence-electron chi connectivity index (χ2n) is 6.38. The standard InChI is InChI=1S/C19H15ClFN5O2/c1-25-18-11(8-23-25)9-26(16-5-3-12(20)7-15(16)24-18)19(28)13-4-2-10(17(22)27)6-14(13)21/h2-8,24H,9H2,1H3,(H2,22,27). The first-order valence-electron chi connectivity index (χ1n) is 8.34. The lowest BCUT2D eigenvalue weighted by Crippen LogP contribution is -2.31. The fourth-order valence-corrected chi connectivity index (χ4v) is 3.33. The third-order valence-electron chi connectivity index (χ3n) is 4.57. The summed E-state index contributed by atoms with van der Waals surface area (Å²) in [5.74, 6) is -1.43. The first kappa shape index (κ1) is 18.0. The monoisotopic (exact) mass is 399 g/mol. The molecule has 4 rings (SSSR count). The van der Waals surface area contributed by atoms with Crippen LogP contribution < -0.4 is 16.0 Å². The number of fused-ring (bicyclic) bond motifs is 2. The molecule has 0 saturated carbocycles. The molecule has 0 spiro atoms. The molecule has 142 valence electrons. The summed E-state index contributed by atoms with van der Waals surface area (Å²) in [7, 11) is 1.77. The van der Waals surface area contributed by atoms with Crippen molar-refractivity contribution < 1.29 is 14.0 Å². The number of aryl methyl sites for hydroxylation is 1. The summed E-state index contributed by atoms with van der Waals surface area (Å²) in [4.78, 5) is 25.9. The minimum absolute atomic E-state index is 0.00619. The number of rotatable bonds is 2. The molecule has 0 aliphatic carbocycles. The van der Waals surface area contributed by atoms with Gasteiger partial charge in [-0.05, 0) is 36.4 Å². The van der Waals surface area contributed by atoms with Crippen LogP contribution in [0.5, 0.6) is 0 Å². The van der Waals surface area contributed by atoms with Crippen LogP contribution in [0.1, 0.15) is 26.3 Å². The molecule has 0 saturated heterocycles. The minimum Gasteiger partial charge on any atom is -0.366 e. The Kier molecular flexibility index (Phi) is 4.27. The van der Waals surface area contributed by atoms with E-state index in [-0.39, 0.29) is 17.7 Å². The van der Waals surface area contributed by atoms with Crippen LogP contribution in [-0.2, 0) is 13.6 Å². The minimum atomic E-state index is -0.819. The molecular formula is C19H15ClFN5O2. The van der Waals surface area contributed by atoms with Gasteiger partial charge in [-0.3, -0.25) is 14.3 Å². The van der Waals surface area contributed by atoms with E-state index in [1.165, 1.54) is 17.0 Å². The van der Waals surface area contributed by atoms with Crippen LogP contribution >= 0.6 is 11.6 Å². The first-order valence-corrected chi connectivity index (χ1v) is 8.71. The summed E-state index contributed by atoms with van der Waals surface area (Å²) in [6, 6.07) is 8.58. The molecule has 1 aliphatic heterocycles. The largest absolute Gasteiger partial charge is 0.366 e. The number of nitrogens with two attached hydrogens (primary N) is 1. The summed E-state index contributed by atoms with van der Waals surface area (Å²) in [6.07, 6.45) is 1.64. The van der Waals surface area contributed by atoms with Crippen LogP contribution in [0, 0.1) is 5.82 Å². The predicted octanol–water partition coefficient (Wildman–Crippen LogP) is 3.22. The fraction of sp³-hybridized carbons (Fsp3) is 0.105. The molecule has 0 fully saturated rings. The Labute approximate surface area is 164 Å². The van der Waals surface area contributed by atoms with Crippen LogP contribution in [0.4, 0.5) is 21.6 Å². The Hall–Kier alpha value is -3.39. The zero-order valence-corrected chi connectivity index (χ0v) is 15.5. The van der Waals surface area contributed by atoms with Crippen molar-refractivity contribution in [1.29, 1.82) is 0 Å². The Bertz CT molecular complexity index is 1130. The van der Waals surface area contributed by atoms with Gasteiger partial charge in [0.05, 0.1) is 29.7 Å². The highest BCUT2D eigenvalue weighted by atomic mass is 35.5. The van der Waals surface area contributed by atoms with Gasteiger partial charge >= 0.3 is 0 Å². The van der Waals surface area contributed by atoms with E-state index in [1.807, 2.05) is 0 Å². The SMILES string of the molecule is Cn1ncc2c1Nc1cc(Cl)ccc1N(C(=O)c1ccc(C(N)=O)cc1F)C2. The van der Waals surface area contributed by atoms with E-state index >= 15 is 0 Å². The van der Waals surface area contributed by atoms with Crippen LogP contribution in [0.15, 0.2) is 42.6 Å². The van der Waals surface area contributed by atoms with E-state index in [0.717, 1.165) is 11.6 Å². The van der Waals surface area contributed by atoms with Crippen molar-refractivity contribution in [3.63, 3.8) is 0 Å². The van der Waals surface area contributed by atoms with Gasteiger partial charge in [0.15, 0.2) is 0 Å². The van der Waals surface area contributed by atoms with Gasteiger partial charge in [0.1, 0.15) is 11.6 Å². The topological polar surface area (TPSA) is 93.2 Å². The summed E-state index contributed by atoms with van der Waals surface area (Å²) < 4.78 is 16.2. The van der Waals surface area contributed by atoms with Crippen molar-refractivity contribution in [3.8, 4) is 0 Å². The lowest BCUT2D eigenvalue weighted by atomic mass is 10.1. The van der Waals surface area contributed by atoms with E-state index < -0.39 is 17.6 Å². The highest BCUT2D eigenvalue weighted by molar-refractivity contribution is 6.31. The Morgan fingerprint density at radius 2 is 2.04 bits per heavy atom. The van der Waals surface area contributed by atoms with E-state index in [9.17, 15) is 14.0 Å². The van der Waals surface area contributed by atoms with Crippen molar-refractivity contribution in [2.45, 2.75) is 6.54 Å². The van der Waals surface area contributed by atoms with E-state index in [2.05, 4.69) is 10.4 Å². The number of anilines is 3. The molecule has 7 nitrogen and oxygen atoms in total. The molecule has 0 atom stereocenters. The molecule has 3 N–H and O–H groups in total. The molecular weight excluding hydrogens is 385 g/mol. The molecule has 28 heavy (non-hydrogen) atoms. The number of aromatic nitrogens is 2. The maximum Gasteiger partial charge on any atom is 0.261 e. The number of nitrogens with one attached hydrogen (secondary N) is 1. The van der Waals surface area contributed by atoms with Crippen molar-refractivity contribution >= 4 is 40.6 Å². The quantitative estimate of drug-likeness (QED) is 0.692. The summed E-state index contributed by atoms with van der Waals surface area (Å²) in [5.41, 5.74) is 6.90. The lowest BCUT2D eigenvalue weighted by Gasteiger charge is -2.23. The molecule has 0 bridgehead atoms. The zero-order chi connectivity index (χ0) is 20.0. The van der Waals surface area contributed by atoms with Crippen molar-refractivity contribution in [2.24, 2.45) is 12.8 Å². The Balaban J connectivity index is 1.82. The average molecular weight is 400 g/mol. The number of nitrogens with zero attached hydrogens (tertiary/aromatic N) is 3. The maximum atomic E-state index is 14.5. The molecule has 0 radical (unpaired) electrons. The van der Waals surface area contributed by atoms with Gasteiger partial charge in [0.25, 0.3) is 5.91 Å². The first-order chi connectivity index (χ1) is 13.3. The number of hydrogen-bond acceptors (Lipinski definition) is 4. The Morgan fingerprint density at radius 1 is 1.25 bits per heavy atom. The second kappa shape index (κ2) is 6.65. The molecule has 9 heteroatoms. The highest BCUT2D eigenvalue weighted by Gasteiger charge is 2.28. The third-order valence-corrected chi connectivity index (χ3v) is 4.81. The normalized spacial score (nSPS) is 12.6. The maximum absolute atomic E-state index is 14.5. The molecule has 1 aliphatic rings. The molecule has 2 aromatic carbocycles. The van der Waals surface area contributed by atoms with Crippen LogP contribution in [0.3, 0.4) is 0 Å². The molecule has 2 heterocycles. The third kappa shape index (κ3) is 2.97. The number of carbonyl (C=O) groups is 2. The molecule has 1 aromatic heterocycles. The van der Waals surface area contributed by atoms with Crippen LogP contribution in [0.25, 0.3) is 0 Å². The van der Waals surface area contributed by atoms with Crippen LogP contribution in [0.2, 0.25) is 5.02 Å². The smallest absolute Gasteiger partial charge is 0.261 e. The van der Waals surface area contributed by atoms with E-state index in [0.29, 0.717) is 22.2 Å². The predicted molar refractivity (Wildman–Crippen MR) is 103 cm³/mol. The second-order valence-corrected chi connectivity index (χ2v) is 6.82. The van der Waals surface area contributed by atoms with Gasteiger partial charge in [-0.25, -0.2) is 4.39 Å². The number of halogens is 2. The molecule has 2 amide bonds. The number of benzene rings is 2. The van der Waals surface area contributed by atoms with Crippen LogP contribution in [-0.4, -0.2) is 21.6 Å². The van der Waals surface area contributed by atoms with Crippen molar-refractivity contribution in [3.05, 3.63) is 70.1 Å². The van der Waals surface area contributed by atoms with Gasteiger partial charge in [-0.2, -0.15) is 5.10 Å². The van der Waals surface area contributed by atoms with Gasteiger partial charge in [-0.1, -0.05) is 11.6 Å². The molecule has 0 unspecified atom stereocenters. The van der Waals surface area contributed by atoms with Gasteiger partial charge in [0, 0.05) is 23.2 Å². The van der Waals surface area contributed by atoms with E-state index in [4.69, 9.17) is 17.3 Å². The van der Waals surface area contributed by atoms with E-state index in [1.54, 1.807) is 36.1 Å². The summed E-state index contributed by atoms with van der Waals surface area (Å²) in [5, 5.41) is 7.93.